The summed E-state index contributed by atoms with van der Waals surface area (Å²) in [5, 5.41) is 4.38. The van der Waals surface area contributed by atoms with Crippen LogP contribution in [0.3, 0.4) is 0 Å². The molecule has 3 unspecified atom stereocenters. The van der Waals surface area contributed by atoms with E-state index in [4.69, 9.17) is 5.73 Å². The van der Waals surface area contributed by atoms with Gasteiger partial charge in [-0.25, -0.2) is 0 Å². The van der Waals surface area contributed by atoms with Crippen LogP contribution >= 0.6 is 0 Å². The highest BCUT2D eigenvalue weighted by Crippen LogP contribution is 2.42. The van der Waals surface area contributed by atoms with Crippen LogP contribution in [0.4, 0.5) is 0 Å². The van der Waals surface area contributed by atoms with Crippen LogP contribution in [0.5, 0.6) is 0 Å². The minimum Gasteiger partial charge on any atom is -0.321 e. The number of rotatable bonds is 4. The first-order valence-corrected chi connectivity index (χ1v) is 7.46. The molecule has 1 aromatic rings. The van der Waals surface area contributed by atoms with Crippen molar-refractivity contribution in [2.24, 2.45) is 11.7 Å². The van der Waals surface area contributed by atoms with Gasteiger partial charge in [0.15, 0.2) is 0 Å². The first-order chi connectivity index (χ1) is 9.01. The minimum absolute atomic E-state index is 0.0349. The van der Waals surface area contributed by atoms with Gasteiger partial charge >= 0.3 is 0 Å². The number of hydrogen-bond acceptors (Lipinski definition) is 3. The second kappa shape index (κ2) is 5.63. The molecule has 1 aliphatic carbocycles. The number of hydrogen-bond donors (Lipinski definition) is 1. The van der Waals surface area contributed by atoms with Crippen LogP contribution < -0.4 is 5.73 Å². The van der Waals surface area contributed by atoms with Gasteiger partial charge in [-0.05, 0) is 45.8 Å². The molecule has 1 heterocycles. The van der Waals surface area contributed by atoms with Crippen LogP contribution in [0.15, 0.2) is 12.3 Å². The number of likely N-dealkylation sites (N-methyl/N-ethyl adjacent to an activating group) is 1. The lowest BCUT2D eigenvalue weighted by atomic mass is 9.70. The van der Waals surface area contributed by atoms with E-state index in [9.17, 15) is 0 Å². The number of aryl methyl sites for hydroxylation is 1. The topological polar surface area (TPSA) is 47.1 Å². The zero-order chi connectivity index (χ0) is 14.0. The molecule has 3 atom stereocenters. The van der Waals surface area contributed by atoms with E-state index >= 15 is 0 Å². The Labute approximate surface area is 117 Å². The molecule has 1 aromatic heterocycles. The van der Waals surface area contributed by atoms with E-state index in [0.29, 0.717) is 0 Å². The molecule has 4 nitrogen and oxygen atoms in total. The van der Waals surface area contributed by atoms with Crippen molar-refractivity contribution >= 4 is 0 Å². The molecule has 0 radical (unpaired) electrons. The number of nitrogens with two attached hydrogens (primary N) is 1. The maximum Gasteiger partial charge on any atom is 0.0653 e. The fourth-order valence-electron chi connectivity index (χ4n) is 3.68. The highest BCUT2D eigenvalue weighted by atomic mass is 15.3. The second-order valence-electron chi connectivity index (χ2n) is 6.25. The van der Waals surface area contributed by atoms with Gasteiger partial charge < -0.3 is 10.6 Å². The summed E-state index contributed by atoms with van der Waals surface area (Å²) in [6.45, 7) is 5.35. The van der Waals surface area contributed by atoms with Crippen molar-refractivity contribution in [2.45, 2.75) is 57.7 Å². The molecule has 0 spiro atoms. The predicted octanol–water partition coefficient (Wildman–Crippen LogP) is 2.41. The molecular weight excluding hydrogens is 236 g/mol. The van der Waals surface area contributed by atoms with Crippen molar-refractivity contribution in [1.82, 2.24) is 14.7 Å². The summed E-state index contributed by atoms with van der Waals surface area (Å²) in [7, 11) is 4.34. The standard InChI is InChI=1S/C15H28N4/c1-5-19-13(8-10-17-19)14(16)15(18(3)4)9-6-7-12(2)11-15/h8,10,12,14H,5-7,9,11,16H2,1-4H3. The van der Waals surface area contributed by atoms with Crippen molar-refractivity contribution in [2.75, 3.05) is 14.1 Å². The van der Waals surface area contributed by atoms with Crippen LogP contribution in [-0.2, 0) is 6.54 Å². The molecule has 19 heavy (non-hydrogen) atoms. The molecule has 1 fully saturated rings. The maximum absolute atomic E-state index is 6.69. The summed E-state index contributed by atoms with van der Waals surface area (Å²) in [4.78, 5) is 2.35. The van der Waals surface area contributed by atoms with Crippen LogP contribution in [0, 0.1) is 5.92 Å². The Morgan fingerprint density at radius 2 is 2.32 bits per heavy atom. The summed E-state index contributed by atoms with van der Waals surface area (Å²) in [6.07, 6.45) is 6.83. The quantitative estimate of drug-likeness (QED) is 0.908. The van der Waals surface area contributed by atoms with Gasteiger partial charge in [0, 0.05) is 18.3 Å². The van der Waals surface area contributed by atoms with E-state index in [1.807, 2.05) is 10.9 Å². The molecule has 108 valence electrons. The Morgan fingerprint density at radius 1 is 1.58 bits per heavy atom. The Hall–Kier alpha value is -0.870. The third-order valence-electron chi connectivity index (χ3n) is 4.85. The van der Waals surface area contributed by atoms with Gasteiger partial charge in [-0.15, -0.1) is 0 Å². The normalized spacial score (nSPS) is 29.7. The zero-order valence-electron chi connectivity index (χ0n) is 12.8. The first-order valence-electron chi connectivity index (χ1n) is 7.46. The fraction of sp³-hybridized carbons (Fsp3) is 0.800. The molecule has 0 bridgehead atoms. The van der Waals surface area contributed by atoms with E-state index < -0.39 is 0 Å². The zero-order valence-corrected chi connectivity index (χ0v) is 12.8. The molecule has 1 aliphatic rings. The van der Waals surface area contributed by atoms with E-state index in [-0.39, 0.29) is 11.6 Å². The predicted molar refractivity (Wildman–Crippen MR) is 78.9 cm³/mol. The van der Waals surface area contributed by atoms with Crippen LogP contribution in [0.1, 0.15) is 51.3 Å². The number of aromatic nitrogens is 2. The summed E-state index contributed by atoms with van der Waals surface area (Å²) >= 11 is 0. The molecule has 0 aromatic carbocycles. The smallest absolute Gasteiger partial charge is 0.0653 e. The van der Waals surface area contributed by atoms with Gasteiger partial charge in [-0.1, -0.05) is 19.8 Å². The SMILES string of the molecule is CCn1nccc1C(N)C1(N(C)C)CCCC(C)C1. The maximum atomic E-state index is 6.69. The van der Waals surface area contributed by atoms with Gasteiger partial charge in [0.1, 0.15) is 0 Å². The highest BCUT2D eigenvalue weighted by molar-refractivity contribution is 5.15. The molecule has 1 saturated carbocycles. The molecule has 0 amide bonds. The monoisotopic (exact) mass is 264 g/mol. The third kappa shape index (κ3) is 2.56. The average molecular weight is 264 g/mol. The van der Waals surface area contributed by atoms with Gasteiger partial charge in [-0.2, -0.15) is 5.10 Å². The van der Waals surface area contributed by atoms with Crippen molar-refractivity contribution in [3.8, 4) is 0 Å². The Kier molecular flexibility index (Phi) is 4.31. The molecule has 0 saturated heterocycles. The van der Waals surface area contributed by atoms with Crippen molar-refractivity contribution in [1.29, 1.82) is 0 Å². The Bertz CT molecular complexity index is 412. The van der Waals surface area contributed by atoms with Gasteiger partial charge in [0.25, 0.3) is 0 Å². The van der Waals surface area contributed by atoms with Crippen LogP contribution in [-0.4, -0.2) is 34.3 Å². The van der Waals surface area contributed by atoms with Crippen molar-refractivity contribution in [3.63, 3.8) is 0 Å². The lowest BCUT2D eigenvalue weighted by molar-refractivity contribution is 0.0472. The Morgan fingerprint density at radius 3 is 2.89 bits per heavy atom. The van der Waals surface area contributed by atoms with Crippen LogP contribution in [0.2, 0.25) is 0 Å². The van der Waals surface area contributed by atoms with Gasteiger partial charge in [-0.3, -0.25) is 4.68 Å². The van der Waals surface area contributed by atoms with Crippen LogP contribution in [0.25, 0.3) is 0 Å². The van der Waals surface area contributed by atoms with Crippen molar-refractivity contribution in [3.05, 3.63) is 18.0 Å². The van der Waals surface area contributed by atoms with E-state index in [0.717, 1.165) is 12.5 Å². The lowest BCUT2D eigenvalue weighted by Gasteiger charge is -2.49. The molecular formula is C15H28N4. The van der Waals surface area contributed by atoms with Gasteiger partial charge in [0.2, 0.25) is 0 Å². The highest BCUT2D eigenvalue weighted by Gasteiger charge is 2.43. The molecule has 2 N–H and O–H groups in total. The van der Waals surface area contributed by atoms with E-state index in [1.54, 1.807) is 0 Å². The van der Waals surface area contributed by atoms with E-state index in [1.165, 1.54) is 31.4 Å². The summed E-state index contributed by atoms with van der Waals surface area (Å²) in [5.74, 6) is 0.750. The summed E-state index contributed by atoms with van der Waals surface area (Å²) in [6, 6.07) is 2.12. The fourth-order valence-corrected chi connectivity index (χ4v) is 3.68. The van der Waals surface area contributed by atoms with E-state index in [2.05, 4.69) is 44.0 Å². The first kappa shape index (κ1) is 14.5. The Balaban J connectivity index is 2.33. The average Bonchev–Trinajstić information content (AvgIpc) is 2.85. The molecule has 2 rings (SSSR count). The molecule has 0 aliphatic heterocycles. The second-order valence-corrected chi connectivity index (χ2v) is 6.25. The lowest BCUT2D eigenvalue weighted by Crippen LogP contribution is -2.55. The third-order valence-corrected chi connectivity index (χ3v) is 4.85. The van der Waals surface area contributed by atoms with Gasteiger partial charge in [0.05, 0.1) is 11.7 Å². The largest absolute Gasteiger partial charge is 0.321 e. The molecule has 4 heteroatoms. The summed E-state index contributed by atoms with van der Waals surface area (Å²) in [5.41, 5.74) is 7.93. The summed E-state index contributed by atoms with van der Waals surface area (Å²) < 4.78 is 2.04. The minimum atomic E-state index is 0.0349. The number of nitrogens with zero attached hydrogens (tertiary/aromatic N) is 3. The van der Waals surface area contributed by atoms with Crippen molar-refractivity contribution < 1.29 is 0 Å².